The lowest BCUT2D eigenvalue weighted by Crippen LogP contribution is -1.92. The van der Waals surface area contributed by atoms with E-state index < -0.39 is 0 Å². The number of hydrogen-bond donors (Lipinski definition) is 2. The molecule has 2 heteroatoms. The van der Waals surface area contributed by atoms with Crippen molar-refractivity contribution in [3.63, 3.8) is 0 Å². The van der Waals surface area contributed by atoms with Crippen LogP contribution in [0.15, 0.2) is 60.7 Å². The second-order valence-electron chi connectivity index (χ2n) is 6.41. The van der Waals surface area contributed by atoms with Crippen LogP contribution >= 0.6 is 0 Å². The second-order valence-corrected chi connectivity index (χ2v) is 6.41. The molecular formula is C22H22O2. The monoisotopic (exact) mass is 318 g/mol. The fourth-order valence-electron chi connectivity index (χ4n) is 2.90. The number of benzene rings is 3. The molecule has 0 fully saturated rings. The van der Waals surface area contributed by atoms with E-state index in [1.54, 1.807) is 12.1 Å². The van der Waals surface area contributed by atoms with Crippen molar-refractivity contribution < 1.29 is 10.2 Å². The number of phenolic OH excluding ortho intramolecular Hbond substituents is 2. The molecule has 0 amide bonds. The van der Waals surface area contributed by atoms with Gasteiger partial charge in [-0.05, 0) is 72.2 Å². The number of aromatic hydroxyl groups is 2. The second kappa shape index (κ2) is 6.79. The highest BCUT2D eigenvalue weighted by Gasteiger charge is 2.03. The molecule has 0 aliphatic carbocycles. The average molecular weight is 318 g/mol. The van der Waals surface area contributed by atoms with E-state index in [-0.39, 0.29) is 0 Å². The molecule has 122 valence electrons. The molecule has 0 atom stereocenters. The summed E-state index contributed by atoms with van der Waals surface area (Å²) in [6.45, 7) is 3.84. The van der Waals surface area contributed by atoms with E-state index in [1.165, 1.54) is 22.3 Å². The lowest BCUT2D eigenvalue weighted by molar-refractivity contribution is 0.470. The maximum absolute atomic E-state index is 9.61. The molecule has 24 heavy (non-hydrogen) atoms. The lowest BCUT2D eigenvalue weighted by Gasteiger charge is -2.08. The van der Waals surface area contributed by atoms with Gasteiger partial charge in [0.15, 0.2) is 0 Å². The third-order valence-corrected chi connectivity index (χ3v) is 4.36. The van der Waals surface area contributed by atoms with Gasteiger partial charge in [0.05, 0.1) is 0 Å². The van der Waals surface area contributed by atoms with E-state index in [9.17, 15) is 10.2 Å². The summed E-state index contributed by atoms with van der Waals surface area (Å²) in [6, 6.07) is 20.1. The van der Waals surface area contributed by atoms with Gasteiger partial charge in [0, 0.05) is 0 Å². The van der Waals surface area contributed by atoms with Crippen LogP contribution in [0.5, 0.6) is 11.5 Å². The molecule has 3 aromatic rings. The molecule has 0 bridgehead atoms. The number of rotatable bonds is 4. The van der Waals surface area contributed by atoms with Crippen LogP contribution in [-0.4, -0.2) is 10.2 Å². The van der Waals surface area contributed by atoms with Gasteiger partial charge in [0.1, 0.15) is 11.5 Å². The van der Waals surface area contributed by atoms with Crippen molar-refractivity contribution in [2.75, 3.05) is 0 Å². The topological polar surface area (TPSA) is 40.5 Å². The third kappa shape index (κ3) is 3.77. The first-order chi connectivity index (χ1) is 11.5. The minimum absolute atomic E-state index is 0.346. The Labute approximate surface area is 143 Å². The van der Waals surface area contributed by atoms with Gasteiger partial charge in [-0.2, -0.15) is 0 Å². The van der Waals surface area contributed by atoms with Gasteiger partial charge in [0.2, 0.25) is 0 Å². The number of phenols is 2. The Kier molecular flexibility index (Phi) is 4.57. The van der Waals surface area contributed by atoms with Crippen LogP contribution in [-0.2, 0) is 12.8 Å². The molecule has 0 spiro atoms. The molecule has 0 saturated carbocycles. The van der Waals surface area contributed by atoms with Crippen LogP contribution in [0.2, 0.25) is 0 Å². The van der Waals surface area contributed by atoms with Gasteiger partial charge in [-0.25, -0.2) is 0 Å². The molecule has 0 saturated heterocycles. The van der Waals surface area contributed by atoms with E-state index in [1.807, 2.05) is 38.1 Å². The molecule has 3 rings (SSSR count). The van der Waals surface area contributed by atoms with Crippen molar-refractivity contribution in [3.05, 3.63) is 94.0 Å². The molecule has 0 heterocycles. The largest absolute Gasteiger partial charge is 0.508 e. The van der Waals surface area contributed by atoms with Crippen LogP contribution in [0.3, 0.4) is 0 Å². The Morgan fingerprint density at radius 1 is 0.542 bits per heavy atom. The van der Waals surface area contributed by atoms with Crippen molar-refractivity contribution in [3.8, 4) is 11.5 Å². The van der Waals surface area contributed by atoms with Crippen molar-refractivity contribution in [2.24, 2.45) is 0 Å². The first-order valence-corrected chi connectivity index (χ1v) is 8.16. The Morgan fingerprint density at radius 2 is 0.875 bits per heavy atom. The first-order valence-electron chi connectivity index (χ1n) is 8.16. The van der Waals surface area contributed by atoms with Gasteiger partial charge in [-0.3, -0.25) is 0 Å². The van der Waals surface area contributed by atoms with E-state index in [4.69, 9.17) is 0 Å². The molecule has 3 aromatic carbocycles. The van der Waals surface area contributed by atoms with E-state index >= 15 is 0 Å². The Hall–Kier alpha value is -2.74. The number of aryl methyl sites for hydroxylation is 2. The van der Waals surface area contributed by atoms with Gasteiger partial charge >= 0.3 is 0 Å². The zero-order valence-corrected chi connectivity index (χ0v) is 14.1. The highest BCUT2D eigenvalue weighted by atomic mass is 16.3. The Balaban J connectivity index is 1.70. The lowest BCUT2D eigenvalue weighted by atomic mass is 9.99. The van der Waals surface area contributed by atoms with E-state index in [0.717, 1.165) is 24.0 Å². The van der Waals surface area contributed by atoms with Crippen LogP contribution < -0.4 is 0 Å². The quantitative estimate of drug-likeness (QED) is 0.718. The molecule has 2 N–H and O–H groups in total. The summed E-state index contributed by atoms with van der Waals surface area (Å²) in [4.78, 5) is 0. The van der Waals surface area contributed by atoms with E-state index in [0.29, 0.717) is 11.5 Å². The molecule has 2 nitrogen and oxygen atoms in total. The smallest absolute Gasteiger partial charge is 0.118 e. The molecule has 0 aliphatic rings. The zero-order valence-electron chi connectivity index (χ0n) is 14.1. The number of hydrogen-bond acceptors (Lipinski definition) is 2. The summed E-state index contributed by atoms with van der Waals surface area (Å²) >= 11 is 0. The minimum Gasteiger partial charge on any atom is -0.508 e. The Bertz CT molecular complexity index is 776. The first kappa shape index (κ1) is 16.1. The summed E-state index contributed by atoms with van der Waals surface area (Å²) in [6.07, 6.45) is 1.72. The van der Waals surface area contributed by atoms with Crippen LogP contribution in [0.25, 0.3) is 0 Å². The molecular weight excluding hydrogens is 296 g/mol. The minimum atomic E-state index is 0.346. The van der Waals surface area contributed by atoms with Crippen LogP contribution in [0.4, 0.5) is 0 Å². The maximum Gasteiger partial charge on any atom is 0.118 e. The molecule has 0 aromatic heterocycles. The highest BCUT2D eigenvalue weighted by Crippen LogP contribution is 2.21. The highest BCUT2D eigenvalue weighted by molar-refractivity contribution is 5.39. The van der Waals surface area contributed by atoms with Crippen molar-refractivity contribution in [1.82, 2.24) is 0 Å². The fourth-order valence-corrected chi connectivity index (χ4v) is 2.90. The summed E-state index contributed by atoms with van der Waals surface area (Å²) in [5.41, 5.74) is 6.73. The average Bonchev–Trinajstić information content (AvgIpc) is 2.56. The van der Waals surface area contributed by atoms with Crippen LogP contribution in [0.1, 0.15) is 33.4 Å². The molecule has 0 aliphatic heterocycles. The van der Waals surface area contributed by atoms with Crippen molar-refractivity contribution >= 4 is 0 Å². The van der Waals surface area contributed by atoms with Crippen LogP contribution in [0, 0.1) is 13.8 Å². The van der Waals surface area contributed by atoms with Gasteiger partial charge in [-0.1, -0.05) is 48.5 Å². The van der Waals surface area contributed by atoms with E-state index in [2.05, 4.69) is 24.3 Å². The predicted molar refractivity (Wildman–Crippen MR) is 97.7 cm³/mol. The summed E-state index contributed by atoms with van der Waals surface area (Å²) in [5, 5.41) is 19.2. The summed E-state index contributed by atoms with van der Waals surface area (Å²) < 4.78 is 0. The third-order valence-electron chi connectivity index (χ3n) is 4.36. The SMILES string of the molecule is Cc1cc(Cc2ccc(Cc3ccc(O)c(C)c3)cc2)ccc1O. The summed E-state index contributed by atoms with van der Waals surface area (Å²) in [5.74, 6) is 0.691. The normalized spacial score (nSPS) is 10.8. The van der Waals surface area contributed by atoms with Gasteiger partial charge < -0.3 is 10.2 Å². The molecule has 0 unspecified atom stereocenters. The Morgan fingerprint density at radius 3 is 1.21 bits per heavy atom. The zero-order chi connectivity index (χ0) is 17.1. The maximum atomic E-state index is 9.61. The fraction of sp³-hybridized carbons (Fsp3) is 0.182. The predicted octanol–water partition coefficient (Wildman–Crippen LogP) is 4.90. The van der Waals surface area contributed by atoms with Crippen molar-refractivity contribution in [2.45, 2.75) is 26.7 Å². The van der Waals surface area contributed by atoms with Gasteiger partial charge in [0.25, 0.3) is 0 Å². The molecule has 0 radical (unpaired) electrons. The van der Waals surface area contributed by atoms with Crippen molar-refractivity contribution in [1.29, 1.82) is 0 Å². The standard InChI is InChI=1S/C22H22O2/c1-15-11-19(7-9-21(15)23)13-17-3-5-18(6-4-17)14-20-8-10-22(24)16(2)12-20/h3-12,23-24H,13-14H2,1-2H3. The summed E-state index contributed by atoms with van der Waals surface area (Å²) in [7, 11) is 0. The van der Waals surface area contributed by atoms with Gasteiger partial charge in [-0.15, -0.1) is 0 Å².